The predicted octanol–water partition coefficient (Wildman–Crippen LogP) is 0.560. The molecule has 0 aromatic rings. The van der Waals surface area contributed by atoms with Crippen LogP contribution in [-0.4, -0.2) is 69.9 Å². The maximum Gasteiger partial charge on any atom is 0.508 e. The Hall–Kier alpha value is -1.91. The molecule has 0 saturated carbocycles. The third-order valence-electron chi connectivity index (χ3n) is 2.27. The minimum atomic E-state index is -0.851. The molecule has 1 heterocycles. The Morgan fingerprint density at radius 1 is 1.04 bits per heavy atom. The van der Waals surface area contributed by atoms with Crippen molar-refractivity contribution in [2.24, 2.45) is 0 Å². The first-order valence-electron chi connectivity index (χ1n) is 6.69. The molecule has 0 aliphatic carbocycles. The summed E-state index contributed by atoms with van der Waals surface area (Å²) in [7, 11) is 0. The van der Waals surface area contributed by atoms with Crippen LogP contribution in [0.3, 0.4) is 0 Å². The third kappa shape index (κ3) is 9.66. The molecule has 1 saturated heterocycles. The van der Waals surface area contributed by atoms with E-state index in [2.05, 4.69) is 11.3 Å². The highest BCUT2D eigenvalue weighted by molar-refractivity contribution is 7.79. The van der Waals surface area contributed by atoms with Gasteiger partial charge < -0.3 is 33.2 Å². The quantitative estimate of drug-likeness (QED) is 0.267. The van der Waals surface area contributed by atoms with Crippen LogP contribution in [-0.2, 0) is 38.0 Å². The number of carbonyl (C=O) groups is 2. The van der Waals surface area contributed by atoms with Gasteiger partial charge in [-0.15, -0.1) is 0 Å². The molecule has 0 N–H and O–H groups in total. The smallest absolute Gasteiger partial charge is 0.459 e. The zero-order chi connectivity index (χ0) is 16.9. The lowest BCUT2D eigenvalue weighted by molar-refractivity contribution is -0.157. The van der Waals surface area contributed by atoms with Gasteiger partial charge in [-0.3, -0.25) is 0 Å². The highest BCUT2D eigenvalue weighted by atomic mass is 32.1. The molecular formula is C13H18O9S. The lowest BCUT2D eigenvalue weighted by atomic mass is 10.4. The number of carbonyl (C=O) groups excluding carboxylic acids is 2. The summed E-state index contributed by atoms with van der Waals surface area (Å²) < 4.78 is 34.2. The van der Waals surface area contributed by atoms with Crippen molar-refractivity contribution in [3.05, 3.63) is 12.7 Å². The molecule has 0 atom stereocenters. The van der Waals surface area contributed by atoms with E-state index in [1.165, 1.54) is 0 Å². The molecule has 130 valence electrons. The molecule has 0 aromatic heterocycles. The highest BCUT2D eigenvalue weighted by Gasteiger charge is 2.19. The van der Waals surface area contributed by atoms with Crippen LogP contribution in [0.2, 0.25) is 0 Å². The summed E-state index contributed by atoms with van der Waals surface area (Å²) >= 11 is 4.76. The largest absolute Gasteiger partial charge is 0.508 e. The van der Waals surface area contributed by atoms with Gasteiger partial charge in [-0.25, -0.2) is 9.59 Å². The van der Waals surface area contributed by atoms with E-state index in [-0.39, 0.29) is 51.7 Å². The van der Waals surface area contributed by atoms with Gasteiger partial charge in [0.1, 0.15) is 33.2 Å². The molecule has 23 heavy (non-hydrogen) atoms. The first-order chi connectivity index (χ1) is 11.1. The molecule has 1 aliphatic heterocycles. The van der Waals surface area contributed by atoms with Crippen molar-refractivity contribution in [3.8, 4) is 0 Å². The van der Waals surface area contributed by atoms with Gasteiger partial charge in [-0.1, -0.05) is 6.58 Å². The van der Waals surface area contributed by atoms with E-state index in [1.807, 2.05) is 0 Å². The molecule has 9 nitrogen and oxygen atoms in total. The van der Waals surface area contributed by atoms with Gasteiger partial charge in [0.25, 0.3) is 0 Å². The fourth-order valence-corrected chi connectivity index (χ4v) is 1.49. The Balaban J connectivity index is 1.96. The summed E-state index contributed by atoms with van der Waals surface area (Å²) in [6.07, 6.45) is -0.299. The zero-order valence-electron chi connectivity index (χ0n) is 12.4. The molecule has 1 fully saturated rings. The van der Waals surface area contributed by atoms with Crippen LogP contribution in [0.4, 0.5) is 4.79 Å². The minimum absolute atomic E-state index is 0.00194. The minimum Gasteiger partial charge on any atom is -0.459 e. The molecule has 1 rings (SSSR count). The first kappa shape index (κ1) is 19.1. The molecule has 0 bridgehead atoms. The summed E-state index contributed by atoms with van der Waals surface area (Å²) in [5.74, 6) is -0.555. The van der Waals surface area contributed by atoms with Crippen LogP contribution in [0, 0.1) is 0 Å². The van der Waals surface area contributed by atoms with Gasteiger partial charge in [0.15, 0.2) is 6.10 Å². The van der Waals surface area contributed by atoms with E-state index >= 15 is 0 Å². The third-order valence-corrected chi connectivity index (χ3v) is 2.51. The molecule has 0 spiro atoms. The second kappa shape index (κ2) is 11.6. The van der Waals surface area contributed by atoms with Crippen molar-refractivity contribution < 1.29 is 42.7 Å². The Labute approximate surface area is 138 Å². The van der Waals surface area contributed by atoms with Gasteiger partial charge in [0.2, 0.25) is 0 Å². The highest BCUT2D eigenvalue weighted by Crippen LogP contribution is 2.03. The van der Waals surface area contributed by atoms with Crippen LogP contribution in [0.25, 0.3) is 0 Å². The Kier molecular flexibility index (Phi) is 9.68. The van der Waals surface area contributed by atoms with Gasteiger partial charge in [-0.2, -0.15) is 0 Å². The van der Waals surface area contributed by atoms with E-state index in [9.17, 15) is 9.59 Å². The molecule has 0 radical (unpaired) electrons. The summed E-state index contributed by atoms with van der Waals surface area (Å²) in [5, 5.41) is -0.148. The second-order valence-electron chi connectivity index (χ2n) is 4.02. The fraction of sp³-hybridized carbons (Fsp3) is 0.615. The van der Waals surface area contributed by atoms with Crippen LogP contribution in [0.15, 0.2) is 12.7 Å². The van der Waals surface area contributed by atoms with E-state index in [0.717, 1.165) is 6.08 Å². The predicted molar refractivity (Wildman–Crippen MR) is 78.7 cm³/mol. The summed E-state index contributed by atoms with van der Waals surface area (Å²) in [4.78, 5) is 22.1. The normalized spacial score (nSPS) is 14.4. The molecule has 0 amide bonds. The van der Waals surface area contributed by atoms with Crippen molar-refractivity contribution in [1.29, 1.82) is 0 Å². The lowest BCUT2D eigenvalue weighted by Gasteiger charge is -2.21. The van der Waals surface area contributed by atoms with E-state index < -0.39 is 18.2 Å². The average molecular weight is 350 g/mol. The average Bonchev–Trinajstić information content (AvgIpc) is 2.56. The van der Waals surface area contributed by atoms with Gasteiger partial charge in [0.05, 0.1) is 13.2 Å². The molecule has 1 aliphatic rings. The van der Waals surface area contributed by atoms with Crippen LogP contribution < -0.4 is 0 Å². The number of rotatable bonds is 8. The monoisotopic (exact) mass is 350 g/mol. The summed E-state index contributed by atoms with van der Waals surface area (Å²) in [5.41, 5.74) is 0. The Morgan fingerprint density at radius 3 is 2.22 bits per heavy atom. The van der Waals surface area contributed by atoms with Crippen LogP contribution >= 0.6 is 12.2 Å². The van der Waals surface area contributed by atoms with Crippen molar-refractivity contribution >= 4 is 29.6 Å². The summed E-state index contributed by atoms with van der Waals surface area (Å²) in [6, 6.07) is 0. The first-order valence-corrected chi connectivity index (χ1v) is 7.10. The number of hydrogen-bond acceptors (Lipinski definition) is 10. The van der Waals surface area contributed by atoms with Gasteiger partial charge in [-0.05, 0) is 0 Å². The van der Waals surface area contributed by atoms with Gasteiger partial charge in [0, 0.05) is 18.3 Å². The second-order valence-corrected chi connectivity index (χ2v) is 4.35. The molecular weight excluding hydrogens is 332 g/mol. The molecule has 0 aromatic carbocycles. The summed E-state index contributed by atoms with van der Waals surface area (Å²) in [6.45, 7) is 3.95. The SMILES string of the molecule is C=CC(=O)OCCOC(=S)OCCOC(=O)OC1COCOC1. The Bertz CT molecular complexity index is 406. The lowest BCUT2D eigenvalue weighted by Crippen LogP contribution is -2.33. The van der Waals surface area contributed by atoms with E-state index in [1.54, 1.807) is 0 Å². The van der Waals surface area contributed by atoms with Crippen molar-refractivity contribution in [2.45, 2.75) is 6.10 Å². The van der Waals surface area contributed by atoms with Crippen LogP contribution in [0.5, 0.6) is 0 Å². The zero-order valence-corrected chi connectivity index (χ0v) is 13.2. The van der Waals surface area contributed by atoms with E-state index in [4.69, 9.17) is 40.6 Å². The van der Waals surface area contributed by atoms with Gasteiger partial charge >= 0.3 is 17.4 Å². The fourth-order valence-electron chi connectivity index (χ4n) is 1.32. The number of hydrogen-bond donors (Lipinski definition) is 0. The van der Waals surface area contributed by atoms with Crippen molar-refractivity contribution in [3.63, 3.8) is 0 Å². The molecule has 0 unspecified atom stereocenters. The van der Waals surface area contributed by atoms with Crippen LogP contribution in [0.1, 0.15) is 0 Å². The number of esters is 1. The van der Waals surface area contributed by atoms with E-state index in [0.29, 0.717) is 0 Å². The van der Waals surface area contributed by atoms with Crippen molar-refractivity contribution in [2.75, 3.05) is 46.4 Å². The number of thiocarbonyl (C=S) groups is 1. The topological polar surface area (TPSA) is 98.8 Å². The van der Waals surface area contributed by atoms with Crippen molar-refractivity contribution in [1.82, 2.24) is 0 Å². The standard InChI is InChI=1S/C13H18O9S/c1-2-11(14)18-3-5-20-13(23)21-6-4-19-12(15)22-10-7-16-9-17-8-10/h2,10H,1,3-9H2. The molecule has 10 heteroatoms. The number of ether oxygens (including phenoxy) is 7. The Morgan fingerprint density at radius 2 is 1.61 bits per heavy atom. The maximum atomic E-state index is 11.3. The maximum absolute atomic E-state index is 11.3.